The van der Waals surface area contributed by atoms with E-state index in [4.69, 9.17) is 12.2 Å². The third kappa shape index (κ3) is 3.22. The first-order chi connectivity index (χ1) is 8.25. The summed E-state index contributed by atoms with van der Waals surface area (Å²) < 4.78 is 0. The fourth-order valence-electron chi connectivity index (χ4n) is 1.30. The number of aromatic amines is 1. The van der Waals surface area contributed by atoms with E-state index in [0.29, 0.717) is 10.9 Å². The van der Waals surface area contributed by atoms with Gasteiger partial charge in [0, 0.05) is 5.69 Å². The third-order valence-electron chi connectivity index (χ3n) is 2.13. The van der Waals surface area contributed by atoms with Gasteiger partial charge in [-0.3, -0.25) is 0 Å². The van der Waals surface area contributed by atoms with Crippen LogP contribution in [0.1, 0.15) is 18.8 Å². The molecule has 3 N–H and O–H groups in total. The molecule has 0 aliphatic carbocycles. The minimum atomic E-state index is -0.0996. The Kier molecular flexibility index (Phi) is 3.61. The molecule has 0 amide bonds. The average molecular weight is 248 g/mol. The zero-order chi connectivity index (χ0) is 12.1. The van der Waals surface area contributed by atoms with E-state index in [0.717, 1.165) is 5.69 Å². The Morgan fingerprint density at radius 2 is 2.12 bits per heavy atom. The summed E-state index contributed by atoms with van der Waals surface area (Å²) in [5.74, 6) is 0.571. The highest BCUT2D eigenvalue weighted by atomic mass is 32.1. The standard InChI is InChI=1S/C10H12N6S/c1-7(9-13-15-16-14-9)11-10(17)12-8-5-3-2-4-6-8/h2-7H,1H3,(H2,11,12,17)(H,13,14,15,16). The number of thiocarbonyl (C=S) groups is 1. The van der Waals surface area contributed by atoms with E-state index >= 15 is 0 Å². The molecule has 0 aliphatic rings. The van der Waals surface area contributed by atoms with Crippen LogP contribution in [0.15, 0.2) is 30.3 Å². The van der Waals surface area contributed by atoms with Gasteiger partial charge in [-0.15, -0.1) is 10.2 Å². The van der Waals surface area contributed by atoms with Crippen molar-refractivity contribution in [3.05, 3.63) is 36.2 Å². The molecule has 6 nitrogen and oxygen atoms in total. The monoisotopic (exact) mass is 248 g/mol. The predicted octanol–water partition coefficient (Wildman–Crippen LogP) is 1.25. The number of anilines is 1. The van der Waals surface area contributed by atoms with Gasteiger partial charge in [-0.05, 0) is 31.3 Å². The molecule has 0 radical (unpaired) electrons. The number of rotatable bonds is 3. The van der Waals surface area contributed by atoms with Crippen molar-refractivity contribution in [2.45, 2.75) is 13.0 Å². The molecule has 1 unspecified atom stereocenters. The summed E-state index contributed by atoms with van der Waals surface area (Å²) in [5, 5.41) is 20.3. The van der Waals surface area contributed by atoms with Crippen molar-refractivity contribution in [1.82, 2.24) is 25.9 Å². The summed E-state index contributed by atoms with van der Waals surface area (Å²) in [6, 6.07) is 9.60. The van der Waals surface area contributed by atoms with Crippen LogP contribution in [0, 0.1) is 0 Å². The number of nitrogens with zero attached hydrogens (tertiary/aromatic N) is 3. The van der Waals surface area contributed by atoms with E-state index in [9.17, 15) is 0 Å². The Morgan fingerprint density at radius 1 is 1.35 bits per heavy atom. The molecule has 88 valence electrons. The summed E-state index contributed by atoms with van der Waals surface area (Å²) in [6.07, 6.45) is 0. The lowest BCUT2D eigenvalue weighted by Crippen LogP contribution is -2.31. The van der Waals surface area contributed by atoms with E-state index in [1.807, 2.05) is 37.3 Å². The molecule has 0 bridgehead atoms. The summed E-state index contributed by atoms with van der Waals surface area (Å²) in [7, 11) is 0. The molecule has 1 heterocycles. The molecular weight excluding hydrogens is 236 g/mol. The van der Waals surface area contributed by atoms with Gasteiger partial charge in [0.1, 0.15) is 0 Å². The van der Waals surface area contributed by atoms with Gasteiger partial charge in [-0.2, -0.15) is 5.21 Å². The van der Waals surface area contributed by atoms with Crippen molar-refractivity contribution >= 4 is 23.0 Å². The number of para-hydroxylation sites is 1. The van der Waals surface area contributed by atoms with Crippen LogP contribution in [0.4, 0.5) is 5.69 Å². The molecule has 0 saturated carbocycles. The Hall–Kier alpha value is -2.02. The summed E-state index contributed by atoms with van der Waals surface area (Å²) in [6.45, 7) is 1.91. The maximum absolute atomic E-state index is 5.18. The van der Waals surface area contributed by atoms with Gasteiger partial charge in [0.05, 0.1) is 6.04 Å². The van der Waals surface area contributed by atoms with E-state index in [-0.39, 0.29) is 6.04 Å². The zero-order valence-electron chi connectivity index (χ0n) is 9.21. The Morgan fingerprint density at radius 3 is 2.76 bits per heavy atom. The largest absolute Gasteiger partial charge is 0.353 e. The van der Waals surface area contributed by atoms with Gasteiger partial charge in [0.15, 0.2) is 10.9 Å². The number of aromatic nitrogens is 4. The van der Waals surface area contributed by atoms with Crippen molar-refractivity contribution in [3.63, 3.8) is 0 Å². The summed E-state index contributed by atoms with van der Waals surface area (Å²) in [5.41, 5.74) is 0.935. The Balaban J connectivity index is 1.90. The highest BCUT2D eigenvalue weighted by molar-refractivity contribution is 7.80. The Bertz CT molecular complexity index is 469. The molecule has 1 atom stereocenters. The Labute approximate surface area is 104 Å². The number of nitrogens with one attached hydrogen (secondary N) is 3. The number of benzene rings is 1. The summed E-state index contributed by atoms with van der Waals surface area (Å²) >= 11 is 5.18. The predicted molar refractivity (Wildman–Crippen MR) is 68.4 cm³/mol. The fraction of sp³-hybridized carbons (Fsp3) is 0.200. The summed E-state index contributed by atoms with van der Waals surface area (Å²) in [4.78, 5) is 0. The molecule has 0 aliphatic heterocycles. The van der Waals surface area contributed by atoms with Crippen LogP contribution in [0.25, 0.3) is 0 Å². The number of tetrazole rings is 1. The molecule has 1 aromatic carbocycles. The molecule has 7 heteroatoms. The first-order valence-corrected chi connectivity index (χ1v) is 5.52. The van der Waals surface area contributed by atoms with Crippen LogP contribution in [0.3, 0.4) is 0 Å². The van der Waals surface area contributed by atoms with Crippen molar-refractivity contribution in [2.24, 2.45) is 0 Å². The van der Waals surface area contributed by atoms with Crippen LogP contribution in [-0.4, -0.2) is 25.7 Å². The lowest BCUT2D eigenvalue weighted by atomic mass is 10.3. The highest BCUT2D eigenvalue weighted by Crippen LogP contribution is 2.07. The lowest BCUT2D eigenvalue weighted by Gasteiger charge is -2.13. The normalized spacial score (nSPS) is 11.8. The smallest absolute Gasteiger partial charge is 0.196 e. The molecular formula is C10H12N6S. The fourth-order valence-corrected chi connectivity index (χ4v) is 1.60. The molecule has 17 heavy (non-hydrogen) atoms. The van der Waals surface area contributed by atoms with Crippen LogP contribution < -0.4 is 10.6 Å². The topological polar surface area (TPSA) is 78.5 Å². The van der Waals surface area contributed by atoms with Gasteiger partial charge in [-0.25, -0.2) is 0 Å². The van der Waals surface area contributed by atoms with Crippen LogP contribution in [-0.2, 0) is 0 Å². The van der Waals surface area contributed by atoms with E-state index < -0.39 is 0 Å². The van der Waals surface area contributed by atoms with E-state index in [1.54, 1.807) is 0 Å². The van der Waals surface area contributed by atoms with Gasteiger partial charge in [0.2, 0.25) is 0 Å². The van der Waals surface area contributed by atoms with Gasteiger partial charge >= 0.3 is 0 Å². The van der Waals surface area contributed by atoms with Gasteiger partial charge < -0.3 is 10.6 Å². The zero-order valence-corrected chi connectivity index (χ0v) is 10.0. The molecule has 1 aromatic heterocycles. The van der Waals surface area contributed by atoms with Crippen molar-refractivity contribution < 1.29 is 0 Å². The second kappa shape index (κ2) is 5.35. The number of H-pyrrole nitrogens is 1. The molecule has 0 spiro atoms. The highest BCUT2D eigenvalue weighted by Gasteiger charge is 2.10. The van der Waals surface area contributed by atoms with E-state index in [1.165, 1.54) is 0 Å². The maximum Gasteiger partial charge on any atom is 0.196 e. The average Bonchev–Trinajstić information content (AvgIpc) is 2.83. The van der Waals surface area contributed by atoms with Crippen molar-refractivity contribution in [2.75, 3.05) is 5.32 Å². The third-order valence-corrected chi connectivity index (χ3v) is 2.35. The first kappa shape index (κ1) is 11.5. The maximum atomic E-state index is 5.18. The first-order valence-electron chi connectivity index (χ1n) is 5.11. The van der Waals surface area contributed by atoms with Crippen LogP contribution >= 0.6 is 12.2 Å². The minimum absolute atomic E-state index is 0.0996. The quantitative estimate of drug-likeness (QED) is 0.709. The molecule has 2 aromatic rings. The molecule has 0 saturated heterocycles. The molecule has 0 fully saturated rings. The van der Waals surface area contributed by atoms with Crippen molar-refractivity contribution in [1.29, 1.82) is 0 Å². The number of hydrogen-bond donors (Lipinski definition) is 3. The van der Waals surface area contributed by atoms with Gasteiger partial charge in [-0.1, -0.05) is 23.4 Å². The lowest BCUT2D eigenvalue weighted by molar-refractivity contribution is 0.668. The number of hydrogen-bond acceptors (Lipinski definition) is 4. The molecule has 2 rings (SSSR count). The van der Waals surface area contributed by atoms with Crippen LogP contribution in [0.5, 0.6) is 0 Å². The second-order valence-electron chi connectivity index (χ2n) is 3.46. The SMILES string of the molecule is CC(NC(=S)Nc1ccccc1)c1nn[nH]n1. The van der Waals surface area contributed by atoms with E-state index in [2.05, 4.69) is 31.3 Å². The minimum Gasteiger partial charge on any atom is -0.353 e. The second-order valence-corrected chi connectivity index (χ2v) is 3.86. The van der Waals surface area contributed by atoms with Crippen molar-refractivity contribution in [3.8, 4) is 0 Å². The van der Waals surface area contributed by atoms with Crippen LogP contribution in [0.2, 0.25) is 0 Å². The van der Waals surface area contributed by atoms with Gasteiger partial charge in [0.25, 0.3) is 0 Å².